The SMILES string of the molecule is CC(=O)c1sc(NC(=O)c2cc(F)c(F)c(F)c2F)nc1-c1ccccc1. The van der Waals surface area contributed by atoms with Crippen LogP contribution in [0.2, 0.25) is 0 Å². The van der Waals surface area contributed by atoms with Gasteiger partial charge in [0.15, 0.2) is 34.2 Å². The molecular formula is C18H10F4N2O2S. The van der Waals surface area contributed by atoms with E-state index in [-0.39, 0.29) is 21.9 Å². The third-order valence-corrected chi connectivity index (χ3v) is 4.63. The average Bonchev–Trinajstić information content (AvgIpc) is 3.07. The Bertz CT molecular complexity index is 1050. The lowest BCUT2D eigenvalue weighted by Crippen LogP contribution is -2.16. The molecule has 9 heteroatoms. The van der Waals surface area contributed by atoms with E-state index in [1.807, 2.05) is 0 Å². The number of aromatic nitrogens is 1. The van der Waals surface area contributed by atoms with Crippen LogP contribution in [0, 0.1) is 23.3 Å². The number of halogens is 4. The zero-order valence-electron chi connectivity index (χ0n) is 13.6. The molecule has 2 aromatic carbocycles. The Kier molecular flexibility index (Phi) is 5.04. The summed E-state index contributed by atoms with van der Waals surface area (Å²) in [6.45, 7) is 1.32. The van der Waals surface area contributed by atoms with Crippen LogP contribution in [0.5, 0.6) is 0 Å². The largest absolute Gasteiger partial charge is 0.298 e. The zero-order chi connectivity index (χ0) is 19.7. The van der Waals surface area contributed by atoms with E-state index in [0.717, 1.165) is 11.3 Å². The van der Waals surface area contributed by atoms with Gasteiger partial charge in [0.05, 0.1) is 16.1 Å². The van der Waals surface area contributed by atoms with Gasteiger partial charge in [0, 0.05) is 12.5 Å². The van der Waals surface area contributed by atoms with Crippen molar-refractivity contribution in [1.29, 1.82) is 0 Å². The topological polar surface area (TPSA) is 59.1 Å². The molecule has 0 unspecified atom stereocenters. The summed E-state index contributed by atoms with van der Waals surface area (Å²) in [7, 11) is 0. The monoisotopic (exact) mass is 394 g/mol. The summed E-state index contributed by atoms with van der Waals surface area (Å²) in [5.41, 5.74) is -0.0999. The maximum absolute atomic E-state index is 13.8. The van der Waals surface area contributed by atoms with Crippen LogP contribution >= 0.6 is 11.3 Å². The molecule has 1 N–H and O–H groups in total. The van der Waals surface area contributed by atoms with Crippen LogP contribution < -0.4 is 5.32 Å². The fraction of sp³-hybridized carbons (Fsp3) is 0.0556. The van der Waals surface area contributed by atoms with Crippen molar-refractivity contribution >= 4 is 28.2 Å². The van der Waals surface area contributed by atoms with E-state index >= 15 is 0 Å². The number of carbonyl (C=O) groups is 2. The lowest BCUT2D eigenvalue weighted by Gasteiger charge is -2.05. The van der Waals surface area contributed by atoms with Crippen molar-refractivity contribution in [2.75, 3.05) is 5.32 Å². The van der Waals surface area contributed by atoms with Gasteiger partial charge in [-0.05, 0) is 6.07 Å². The number of amides is 1. The Morgan fingerprint density at radius 2 is 1.67 bits per heavy atom. The molecule has 0 bridgehead atoms. The Labute approximate surface area is 154 Å². The molecule has 0 saturated heterocycles. The fourth-order valence-electron chi connectivity index (χ4n) is 2.31. The van der Waals surface area contributed by atoms with E-state index in [4.69, 9.17) is 0 Å². The number of hydrogen-bond donors (Lipinski definition) is 1. The van der Waals surface area contributed by atoms with Crippen molar-refractivity contribution in [2.24, 2.45) is 0 Å². The van der Waals surface area contributed by atoms with Gasteiger partial charge in [0.2, 0.25) is 0 Å². The fourth-order valence-corrected chi connectivity index (χ4v) is 3.18. The molecule has 0 spiro atoms. The van der Waals surface area contributed by atoms with Gasteiger partial charge in [-0.15, -0.1) is 0 Å². The van der Waals surface area contributed by atoms with Crippen molar-refractivity contribution in [1.82, 2.24) is 4.98 Å². The smallest absolute Gasteiger partial charge is 0.260 e. The molecule has 1 aromatic heterocycles. The molecule has 27 heavy (non-hydrogen) atoms. The molecule has 0 aliphatic carbocycles. The highest BCUT2D eigenvalue weighted by Gasteiger charge is 2.24. The average molecular weight is 394 g/mol. The van der Waals surface area contributed by atoms with Gasteiger partial charge in [-0.3, -0.25) is 14.9 Å². The second-order valence-corrected chi connectivity index (χ2v) is 6.42. The van der Waals surface area contributed by atoms with Gasteiger partial charge in [0.1, 0.15) is 0 Å². The number of nitrogens with zero attached hydrogens (tertiary/aromatic N) is 1. The molecule has 1 heterocycles. The summed E-state index contributed by atoms with van der Waals surface area (Å²) in [5, 5.41) is 2.10. The van der Waals surface area contributed by atoms with Crippen LogP contribution in [0.25, 0.3) is 11.3 Å². The van der Waals surface area contributed by atoms with Gasteiger partial charge < -0.3 is 0 Å². The highest BCUT2D eigenvalue weighted by atomic mass is 32.1. The number of hydrogen-bond acceptors (Lipinski definition) is 4. The lowest BCUT2D eigenvalue weighted by molar-refractivity contribution is 0.101. The normalized spacial score (nSPS) is 10.7. The molecule has 0 saturated carbocycles. The van der Waals surface area contributed by atoms with Gasteiger partial charge in [-0.1, -0.05) is 41.7 Å². The Morgan fingerprint density at radius 1 is 1.00 bits per heavy atom. The summed E-state index contributed by atoms with van der Waals surface area (Å²) < 4.78 is 53.4. The molecule has 3 aromatic rings. The summed E-state index contributed by atoms with van der Waals surface area (Å²) in [6.07, 6.45) is 0. The van der Waals surface area contributed by atoms with Crippen LogP contribution in [0.1, 0.15) is 27.0 Å². The number of thiazole rings is 1. The summed E-state index contributed by atoms with van der Waals surface area (Å²) in [4.78, 5) is 28.4. The molecule has 0 atom stereocenters. The van der Waals surface area contributed by atoms with Crippen molar-refractivity contribution in [3.63, 3.8) is 0 Å². The molecule has 3 rings (SSSR count). The first-order chi connectivity index (χ1) is 12.8. The highest BCUT2D eigenvalue weighted by Crippen LogP contribution is 2.32. The zero-order valence-corrected chi connectivity index (χ0v) is 14.5. The first kappa shape index (κ1) is 18.7. The Balaban J connectivity index is 1.97. The van der Waals surface area contributed by atoms with E-state index in [9.17, 15) is 27.2 Å². The van der Waals surface area contributed by atoms with Crippen molar-refractivity contribution in [3.8, 4) is 11.3 Å². The Morgan fingerprint density at radius 3 is 2.30 bits per heavy atom. The maximum atomic E-state index is 13.8. The van der Waals surface area contributed by atoms with Crippen molar-refractivity contribution in [2.45, 2.75) is 6.92 Å². The van der Waals surface area contributed by atoms with E-state index in [1.54, 1.807) is 30.3 Å². The molecule has 0 aliphatic rings. The molecule has 138 valence electrons. The molecule has 1 amide bonds. The van der Waals surface area contributed by atoms with E-state index in [1.165, 1.54) is 6.92 Å². The van der Waals surface area contributed by atoms with Crippen LogP contribution in [0.15, 0.2) is 36.4 Å². The minimum Gasteiger partial charge on any atom is -0.298 e. The standard InChI is InChI=1S/C18H10F4N2O2S/c1-8(25)16-15(9-5-3-2-4-6-9)23-18(27-16)24-17(26)10-7-11(19)13(21)14(22)12(10)20/h2-7H,1H3,(H,23,24,26). The Hall–Kier alpha value is -3.07. The van der Waals surface area contributed by atoms with Crippen LogP contribution in [0.3, 0.4) is 0 Å². The van der Waals surface area contributed by atoms with Crippen LogP contribution in [0.4, 0.5) is 22.7 Å². The first-order valence-electron chi connectivity index (χ1n) is 7.51. The van der Waals surface area contributed by atoms with E-state index < -0.39 is 34.7 Å². The summed E-state index contributed by atoms with van der Waals surface area (Å²) >= 11 is 0.826. The third-order valence-electron chi connectivity index (χ3n) is 3.56. The predicted molar refractivity (Wildman–Crippen MR) is 91.8 cm³/mol. The van der Waals surface area contributed by atoms with Gasteiger partial charge >= 0.3 is 0 Å². The van der Waals surface area contributed by atoms with Crippen molar-refractivity contribution in [3.05, 3.63) is 70.1 Å². The summed E-state index contributed by atoms with van der Waals surface area (Å²) in [6, 6.07) is 8.90. The van der Waals surface area contributed by atoms with Crippen LogP contribution in [-0.4, -0.2) is 16.7 Å². The third kappa shape index (κ3) is 3.59. The minimum atomic E-state index is -2.09. The molecule has 4 nitrogen and oxygen atoms in total. The van der Waals surface area contributed by atoms with Gasteiger partial charge in [-0.2, -0.15) is 0 Å². The second kappa shape index (κ2) is 7.28. The van der Waals surface area contributed by atoms with Crippen molar-refractivity contribution < 1.29 is 27.2 Å². The molecule has 0 radical (unpaired) electrons. The van der Waals surface area contributed by atoms with E-state index in [0.29, 0.717) is 11.3 Å². The number of benzene rings is 2. The molecule has 0 fully saturated rings. The summed E-state index contributed by atoms with van der Waals surface area (Å²) in [5.74, 6) is -9.16. The lowest BCUT2D eigenvalue weighted by atomic mass is 10.1. The quantitative estimate of drug-likeness (QED) is 0.299. The number of nitrogens with one attached hydrogen (secondary N) is 1. The number of rotatable bonds is 4. The number of anilines is 1. The highest BCUT2D eigenvalue weighted by molar-refractivity contribution is 7.18. The van der Waals surface area contributed by atoms with E-state index in [2.05, 4.69) is 10.3 Å². The predicted octanol–water partition coefficient (Wildman–Crippen LogP) is 4.82. The molecular weight excluding hydrogens is 384 g/mol. The number of Topliss-reactive ketones (excluding diaryl/α,β-unsaturated/α-hetero) is 1. The minimum absolute atomic E-state index is 0.0754. The van der Waals surface area contributed by atoms with Gasteiger partial charge in [-0.25, -0.2) is 22.5 Å². The number of carbonyl (C=O) groups excluding carboxylic acids is 2. The van der Waals surface area contributed by atoms with Gasteiger partial charge in [0.25, 0.3) is 5.91 Å². The molecule has 0 aliphatic heterocycles. The second-order valence-electron chi connectivity index (χ2n) is 5.42. The number of ketones is 1. The van der Waals surface area contributed by atoms with Crippen LogP contribution in [-0.2, 0) is 0 Å². The maximum Gasteiger partial charge on any atom is 0.260 e. The first-order valence-corrected chi connectivity index (χ1v) is 8.32.